The average molecular weight is 1370 g/mol. The molecule has 7 aliphatic carbocycles. The van der Waals surface area contributed by atoms with Gasteiger partial charge in [0.15, 0.2) is 0 Å². The summed E-state index contributed by atoms with van der Waals surface area (Å²) in [5.74, 6) is 2.86. The number of aliphatic hydroxyl groups excluding tert-OH is 2. The Kier molecular flexibility index (Phi) is 21.6. The minimum atomic E-state index is -0.451. The Bertz CT molecular complexity index is 3780. The van der Waals surface area contributed by atoms with E-state index in [4.69, 9.17) is 0 Å². The summed E-state index contributed by atoms with van der Waals surface area (Å²) in [4.78, 5) is 0. The Labute approximate surface area is 607 Å². The highest BCUT2D eigenvalue weighted by Gasteiger charge is 2.40. The molecule has 7 saturated carbocycles. The van der Waals surface area contributed by atoms with Gasteiger partial charge in [-0.3, -0.25) is 0 Å². The summed E-state index contributed by atoms with van der Waals surface area (Å²) in [5, 5.41) is 93.9. The van der Waals surface area contributed by atoms with Crippen molar-refractivity contribution in [3.8, 4) is 34.5 Å². The molecule has 7 aliphatic rings. The van der Waals surface area contributed by atoms with Crippen LogP contribution in [-0.4, -0.2) is 53.1 Å². The van der Waals surface area contributed by atoms with Crippen molar-refractivity contribution >= 4 is 0 Å². The van der Waals surface area contributed by atoms with Gasteiger partial charge in [0.1, 0.15) is 34.5 Å². The first kappa shape index (κ1) is 70.2. The van der Waals surface area contributed by atoms with Crippen molar-refractivity contribution in [3.05, 3.63) is 247 Å². The molecule has 8 aromatic rings. The molecule has 0 amide bonds. The molecule has 0 spiro atoms. The summed E-state index contributed by atoms with van der Waals surface area (Å²) in [6.07, 6.45) is 33.7. The third-order valence-electron chi connectivity index (χ3n) is 26.9. The second-order valence-corrected chi connectivity index (χ2v) is 33.2. The van der Waals surface area contributed by atoms with Gasteiger partial charge < -0.3 is 40.9 Å². The van der Waals surface area contributed by atoms with Gasteiger partial charge in [-0.25, -0.2) is 0 Å². The molecule has 8 aromatic carbocycles. The van der Waals surface area contributed by atoms with Gasteiger partial charge in [0, 0.05) is 28.4 Å². The lowest BCUT2D eigenvalue weighted by Gasteiger charge is -2.40. The smallest absolute Gasteiger partial charge is 0.119 e. The zero-order valence-corrected chi connectivity index (χ0v) is 60.4. The van der Waals surface area contributed by atoms with E-state index in [-0.39, 0.29) is 76.1 Å². The van der Waals surface area contributed by atoms with Gasteiger partial charge in [0.05, 0.1) is 12.2 Å². The predicted molar refractivity (Wildman–Crippen MR) is 410 cm³/mol. The molecule has 0 radical (unpaired) electrons. The van der Waals surface area contributed by atoms with E-state index in [2.05, 4.69) is 97.1 Å². The van der Waals surface area contributed by atoms with Crippen LogP contribution in [0.25, 0.3) is 0 Å². The molecule has 8 nitrogen and oxygen atoms in total. The van der Waals surface area contributed by atoms with E-state index in [1.165, 1.54) is 67.2 Å². The summed E-state index contributed by atoms with van der Waals surface area (Å²) in [6, 6.07) is 55.7. The maximum absolute atomic E-state index is 12.1. The molecule has 6 unspecified atom stereocenters. The Hall–Kier alpha value is -7.52. The maximum Gasteiger partial charge on any atom is 0.119 e. The number of hydrogen-bond acceptors (Lipinski definition) is 8. The van der Waals surface area contributed by atoms with Crippen LogP contribution in [0.4, 0.5) is 0 Å². The van der Waals surface area contributed by atoms with E-state index >= 15 is 0 Å². The van der Waals surface area contributed by atoms with Gasteiger partial charge in [-0.05, 0) is 277 Å². The van der Waals surface area contributed by atoms with E-state index in [1.54, 1.807) is 0 Å². The summed E-state index contributed by atoms with van der Waals surface area (Å²) < 4.78 is 0. The summed E-state index contributed by atoms with van der Waals surface area (Å²) in [7, 11) is 0. The van der Waals surface area contributed by atoms with Crippen LogP contribution in [0.15, 0.2) is 158 Å². The molecule has 8 N–H and O–H groups in total. The van der Waals surface area contributed by atoms with Gasteiger partial charge in [-0.1, -0.05) is 218 Å². The summed E-state index contributed by atoms with van der Waals surface area (Å²) in [6.45, 7) is 0. The zero-order chi connectivity index (χ0) is 69.8. The van der Waals surface area contributed by atoms with Crippen molar-refractivity contribution in [3.63, 3.8) is 0 Å². The third kappa shape index (κ3) is 15.1. The Morgan fingerprint density at radius 3 is 0.941 bits per heavy atom. The minimum absolute atomic E-state index is 0.0158. The molecule has 0 aliphatic heterocycles. The quantitative estimate of drug-likeness (QED) is 0.0394. The van der Waals surface area contributed by atoms with E-state index in [0.717, 1.165) is 221 Å². The lowest BCUT2D eigenvalue weighted by atomic mass is 9.64. The topological polar surface area (TPSA) is 162 Å². The van der Waals surface area contributed by atoms with E-state index in [0.29, 0.717) is 35.8 Å². The van der Waals surface area contributed by atoms with Crippen LogP contribution in [0.5, 0.6) is 34.5 Å². The first-order valence-corrected chi connectivity index (χ1v) is 40.3. The molecule has 6 atom stereocenters. The molecule has 8 heteroatoms. The van der Waals surface area contributed by atoms with Crippen molar-refractivity contribution < 1.29 is 40.9 Å². The molecule has 0 bridgehead atoms. The summed E-state index contributed by atoms with van der Waals surface area (Å²) >= 11 is 0. The normalized spacial score (nSPS) is 23.6. The molecule has 15 rings (SSSR count). The van der Waals surface area contributed by atoms with Gasteiger partial charge in [0.2, 0.25) is 0 Å². The van der Waals surface area contributed by atoms with E-state index < -0.39 is 12.2 Å². The Balaban J connectivity index is 0.680. The van der Waals surface area contributed by atoms with E-state index in [1.807, 2.05) is 60.7 Å². The minimum Gasteiger partial charge on any atom is -0.508 e. The van der Waals surface area contributed by atoms with Gasteiger partial charge in [-0.15, -0.1) is 0 Å². The van der Waals surface area contributed by atoms with E-state index in [9.17, 15) is 40.9 Å². The third-order valence-corrected chi connectivity index (χ3v) is 26.9. The van der Waals surface area contributed by atoms with Crippen LogP contribution in [0, 0.1) is 11.8 Å². The molecule has 0 aromatic heterocycles. The largest absolute Gasteiger partial charge is 0.508 e. The fourth-order valence-electron chi connectivity index (χ4n) is 21.2. The first-order chi connectivity index (χ1) is 49.8. The van der Waals surface area contributed by atoms with Gasteiger partial charge >= 0.3 is 0 Å². The molecular formula is C94H112O8. The van der Waals surface area contributed by atoms with Crippen LogP contribution in [0.1, 0.15) is 335 Å². The number of phenols is 6. The second-order valence-electron chi connectivity index (χ2n) is 33.2. The number of benzene rings is 8. The predicted octanol–water partition coefficient (Wildman–Crippen LogP) is 22.7. The number of hydrogen-bond donors (Lipinski definition) is 8. The Morgan fingerprint density at radius 1 is 0.294 bits per heavy atom. The fourth-order valence-corrected chi connectivity index (χ4v) is 21.2. The van der Waals surface area contributed by atoms with Crippen molar-refractivity contribution in [1.82, 2.24) is 0 Å². The molecule has 536 valence electrons. The number of aliphatic hydroxyl groups is 2. The molecule has 0 heterocycles. The Morgan fingerprint density at radius 2 is 0.608 bits per heavy atom. The molecule has 7 fully saturated rings. The standard InChI is InChI=1S/C94H112O8/c95-84-40-32-68(52-74(84)48-60-30-38-90(101)82(50-60)92(70-34-42-86(97)78(56-70)62-18-6-1-7-19-62)71-35-43-87(98)79(57-71)63-20-8-2-9-21-63)66-26-16-28-76(54-66)94(46-14-5-15-47-94)77-29-17-27-67(55-77)69-33-41-85(96)75(53-69)49-61-31-39-91(102)83(51-61)93(72-36-44-88(99)80(58-72)64-22-10-3-11-23-64)73-37-45-89(100)81(59-73)65-24-12-4-13-25-65/h16-17,26-31,34-39,42-45,50-51,54-59,62-65,68-69,74-75,84-85,92-93,95-102H,1-15,18-25,32-33,40-41,46-49,52-53H2. The first-order valence-electron chi connectivity index (χ1n) is 40.3. The van der Waals surface area contributed by atoms with Crippen LogP contribution >= 0.6 is 0 Å². The fraction of sp³-hybridized carbons (Fsp3) is 0.489. The van der Waals surface area contributed by atoms with Crippen molar-refractivity contribution in [2.24, 2.45) is 11.8 Å². The van der Waals surface area contributed by atoms with Crippen LogP contribution in [0.3, 0.4) is 0 Å². The van der Waals surface area contributed by atoms with Gasteiger partial charge in [0.25, 0.3) is 0 Å². The number of aromatic hydroxyl groups is 6. The van der Waals surface area contributed by atoms with Crippen LogP contribution < -0.4 is 0 Å². The highest BCUT2D eigenvalue weighted by Crippen LogP contribution is 2.52. The molecule has 102 heavy (non-hydrogen) atoms. The lowest BCUT2D eigenvalue weighted by molar-refractivity contribution is 0.0618. The van der Waals surface area contributed by atoms with Crippen LogP contribution in [0.2, 0.25) is 0 Å². The molecular weight excluding hydrogens is 1260 g/mol. The van der Waals surface area contributed by atoms with Gasteiger partial charge in [-0.2, -0.15) is 0 Å². The monoisotopic (exact) mass is 1370 g/mol. The van der Waals surface area contributed by atoms with Crippen molar-refractivity contribution in [2.45, 2.75) is 277 Å². The summed E-state index contributed by atoms with van der Waals surface area (Å²) in [5.41, 5.74) is 17.2. The average Bonchev–Trinajstić information content (AvgIpc) is 0.763. The highest BCUT2D eigenvalue weighted by molar-refractivity contribution is 5.57. The maximum atomic E-state index is 12.1. The number of rotatable bonds is 18. The molecule has 0 saturated heterocycles. The number of phenolic OH excluding ortho intramolecular Hbond substituents is 6. The van der Waals surface area contributed by atoms with Crippen molar-refractivity contribution in [2.75, 3.05) is 0 Å². The highest BCUT2D eigenvalue weighted by atomic mass is 16.3. The van der Waals surface area contributed by atoms with Crippen molar-refractivity contribution in [1.29, 1.82) is 0 Å². The SMILES string of the molecule is Oc1ccc(C(c2ccc(O)c(C3CCCCC3)c2)c2cc(CC3CC(c4cccc(C5(c6cccc(C7CCC(O)C(Cc8ccc(O)c(C(c9ccc(O)c(C%10CCCCC%10)c9)c9ccc(O)c(C%10CCCCC%10)c9)c8)C7)c6)CCCCC5)c4)CCC3O)ccc2O)cc1C1CCCCC1. The van der Waals surface area contributed by atoms with Crippen LogP contribution in [-0.2, 0) is 18.3 Å². The lowest BCUT2D eigenvalue weighted by Crippen LogP contribution is -2.32. The second kappa shape index (κ2) is 31.4. The zero-order valence-electron chi connectivity index (χ0n) is 60.4.